The van der Waals surface area contributed by atoms with Crippen molar-refractivity contribution in [2.24, 2.45) is 20.0 Å². The number of rotatable bonds is 6. The molecule has 1 fully saturated rings. The molecule has 1 saturated carbocycles. The van der Waals surface area contributed by atoms with E-state index < -0.39 is 0 Å². The predicted molar refractivity (Wildman–Crippen MR) is 93.1 cm³/mol. The first-order valence-electron chi connectivity index (χ1n) is 8.34. The Morgan fingerprint density at radius 2 is 2.00 bits per heavy atom. The van der Waals surface area contributed by atoms with Gasteiger partial charge in [-0.05, 0) is 12.3 Å². The van der Waals surface area contributed by atoms with E-state index in [1.807, 2.05) is 0 Å². The molecule has 1 aliphatic carbocycles. The average Bonchev–Trinajstić information content (AvgIpc) is 3.24. The Labute approximate surface area is 144 Å². The largest absolute Gasteiger partial charge is 0.330 e. The van der Waals surface area contributed by atoms with E-state index in [-0.39, 0.29) is 11.2 Å². The van der Waals surface area contributed by atoms with Crippen LogP contribution < -0.4 is 11.2 Å². The summed E-state index contributed by atoms with van der Waals surface area (Å²) in [6.45, 7) is 0. The van der Waals surface area contributed by atoms with E-state index in [9.17, 15) is 9.59 Å². The summed E-state index contributed by atoms with van der Waals surface area (Å²) in [5, 5.41) is 7.88. The van der Waals surface area contributed by atoms with E-state index in [0.717, 1.165) is 22.7 Å². The van der Waals surface area contributed by atoms with Gasteiger partial charge < -0.3 is 0 Å². The molecule has 0 amide bonds. The molecular formula is C16H23N5O2S. The number of aromatic amines is 1. The van der Waals surface area contributed by atoms with Gasteiger partial charge in [-0.3, -0.25) is 19.0 Å². The molecule has 0 atom stereocenters. The molecule has 24 heavy (non-hydrogen) atoms. The second-order valence-electron chi connectivity index (χ2n) is 6.42. The molecular weight excluding hydrogens is 326 g/mol. The molecule has 0 spiro atoms. The maximum Gasteiger partial charge on any atom is 0.330 e. The highest BCUT2D eigenvalue weighted by atomic mass is 32.2. The second kappa shape index (κ2) is 7.38. The number of nitrogens with zero attached hydrogens (tertiary/aromatic N) is 4. The lowest BCUT2D eigenvalue weighted by molar-refractivity contribution is 0.497. The van der Waals surface area contributed by atoms with Crippen LogP contribution in [0.15, 0.2) is 20.8 Å². The number of aromatic nitrogens is 5. The van der Waals surface area contributed by atoms with Gasteiger partial charge in [0.25, 0.3) is 5.56 Å². The molecule has 1 aliphatic rings. The van der Waals surface area contributed by atoms with Crippen LogP contribution in [0.4, 0.5) is 0 Å². The molecule has 0 aliphatic heterocycles. The first-order valence-corrected chi connectivity index (χ1v) is 9.33. The van der Waals surface area contributed by atoms with Crippen molar-refractivity contribution >= 4 is 11.8 Å². The van der Waals surface area contributed by atoms with E-state index in [1.54, 1.807) is 7.05 Å². The molecule has 8 heteroatoms. The number of nitrogens with one attached hydrogen (secondary N) is 1. The van der Waals surface area contributed by atoms with E-state index in [1.165, 1.54) is 61.5 Å². The van der Waals surface area contributed by atoms with Crippen molar-refractivity contribution in [3.8, 4) is 0 Å². The van der Waals surface area contributed by atoms with Gasteiger partial charge in [0.1, 0.15) is 5.82 Å². The van der Waals surface area contributed by atoms with E-state index in [0.29, 0.717) is 16.6 Å². The summed E-state index contributed by atoms with van der Waals surface area (Å²) >= 11 is 1.43. The molecule has 0 aromatic carbocycles. The molecule has 0 radical (unpaired) electrons. The van der Waals surface area contributed by atoms with Crippen molar-refractivity contribution in [1.82, 2.24) is 24.3 Å². The number of thioether (sulfide) groups is 1. The lowest BCUT2D eigenvalue weighted by Gasteiger charge is -2.07. The number of H-pyrrole nitrogens is 1. The summed E-state index contributed by atoms with van der Waals surface area (Å²) in [6.07, 6.45) is 7.50. The molecule has 0 bridgehead atoms. The quantitative estimate of drug-likeness (QED) is 0.801. The van der Waals surface area contributed by atoms with Crippen LogP contribution in [0.5, 0.6) is 0 Å². The Kier molecular flexibility index (Phi) is 5.23. The van der Waals surface area contributed by atoms with Gasteiger partial charge >= 0.3 is 5.69 Å². The van der Waals surface area contributed by atoms with Gasteiger partial charge in [-0.25, -0.2) is 9.78 Å². The van der Waals surface area contributed by atoms with Gasteiger partial charge in [-0.2, -0.15) is 0 Å². The van der Waals surface area contributed by atoms with Crippen LogP contribution in [-0.4, -0.2) is 24.3 Å². The van der Waals surface area contributed by atoms with Crippen LogP contribution in [0.1, 0.15) is 43.6 Å². The summed E-state index contributed by atoms with van der Waals surface area (Å²) in [5.41, 5.74) is 0.0664. The van der Waals surface area contributed by atoms with E-state index in [4.69, 9.17) is 0 Å². The van der Waals surface area contributed by atoms with Crippen molar-refractivity contribution in [1.29, 1.82) is 0 Å². The highest BCUT2D eigenvalue weighted by molar-refractivity contribution is 7.98. The third kappa shape index (κ3) is 3.80. The molecule has 0 saturated heterocycles. The topological polar surface area (TPSA) is 85.6 Å². The number of aryl methyl sites for hydroxylation is 1. The maximum absolute atomic E-state index is 11.9. The Balaban J connectivity index is 1.59. The number of hydrogen-bond acceptors (Lipinski definition) is 5. The summed E-state index contributed by atoms with van der Waals surface area (Å²) in [5.74, 6) is 2.24. The molecule has 0 unspecified atom stereocenters. The van der Waals surface area contributed by atoms with Crippen molar-refractivity contribution in [2.75, 3.05) is 0 Å². The van der Waals surface area contributed by atoms with Gasteiger partial charge in [0.2, 0.25) is 5.16 Å². The summed E-state index contributed by atoms with van der Waals surface area (Å²) < 4.78 is 2.59. The monoisotopic (exact) mass is 349 g/mol. The first-order chi connectivity index (χ1) is 11.5. The van der Waals surface area contributed by atoms with Crippen LogP contribution in [0.25, 0.3) is 0 Å². The summed E-state index contributed by atoms with van der Waals surface area (Å²) in [6, 6.07) is 1.49. The van der Waals surface area contributed by atoms with Crippen molar-refractivity contribution in [3.63, 3.8) is 0 Å². The third-order valence-electron chi connectivity index (χ3n) is 4.75. The normalized spacial score (nSPS) is 15.2. The van der Waals surface area contributed by atoms with Crippen molar-refractivity contribution in [2.45, 2.75) is 49.4 Å². The Morgan fingerprint density at radius 1 is 1.25 bits per heavy atom. The minimum atomic E-state index is -0.315. The van der Waals surface area contributed by atoms with Crippen LogP contribution in [0.2, 0.25) is 0 Å². The zero-order chi connectivity index (χ0) is 17.1. The van der Waals surface area contributed by atoms with Crippen molar-refractivity contribution in [3.05, 3.63) is 38.4 Å². The molecule has 7 nitrogen and oxygen atoms in total. The molecule has 130 valence electrons. The standard InChI is InChI=1S/C16H23N5O2S/c1-20-12(9-14(22)21(2)16(20)23)10-24-15-17-13(18-19-15)8-7-11-5-3-4-6-11/h9,11H,3-8,10H2,1-2H3,(H,17,18,19). The van der Waals surface area contributed by atoms with Crippen molar-refractivity contribution < 1.29 is 0 Å². The lowest BCUT2D eigenvalue weighted by atomic mass is 10.0. The van der Waals surface area contributed by atoms with Crippen LogP contribution in [0, 0.1) is 5.92 Å². The van der Waals surface area contributed by atoms with Crippen LogP contribution in [-0.2, 0) is 26.3 Å². The Morgan fingerprint density at radius 3 is 2.75 bits per heavy atom. The average molecular weight is 349 g/mol. The van der Waals surface area contributed by atoms with Gasteiger partial charge in [-0.1, -0.05) is 37.4 Å². The predicted octanol–water partition coefficient (Wildman–Crippen LogP) is 1.62. The fraction of sp³-hybridized carbons (Fsp3) is 0.625. The fourth-order valence-electron chi connectivity index (χ4n) is 3.15. The Bertz CT molecular complexity index is 817. The molecule has 2 aromatic rings. The minimum Gasteiger partial charge on any atom is -0.300 e. The highest BCUT2D eigenvalue weighted by Crippen LogP contribution is 2.28. The number of hydrogen-bond donors (Lipinski definition) is 1. The highest BCUT2D eigenvalue weighted by Gasteiger charge is 2.16. The van der Waals surface area contributed by atoms with E-state index in [2.05, 4.69) is 15.2 Å². The first kappa shape index (κ1) is 17.0. The third-order valence-corrected chi connectivity index (χ3v) is 5.63. The van der Waals surface area contributed by atoms with Gasteiger partial charge in [0.15, 0.2) is 0 Å². The second-order valence-corrected chi connectivity index (χ2v) is 7.36. The molecule has 1 N–H and O–H groups in total. The van der Waals surface area contributed by atoms with Crippen LogP contribution in [0.3, 0.4) is 0 Å². The Hall–Kier alpha value is -1.83. The summed E-state index contributed by atoms with van der Waals surface area (Å²) in [4.78, 5) is 28.2. The van der Waals surface area contributed by atoms with Gasteiger partial charge in [-0.15, -0.1) is 5.10 Å². The molecule has 2 aromatic heterocycles. The maximum atomic E-state index is 11.9. The summed E-state index contributed by atoms with van der Waals surface area (Å²) in [7, 11) is 3.15. The molecule has 2 heterocycles. The minimum absolute atomic E-state index is 0.291. The SMILES string of the molecule is Cn1c(CSc2n[nH]c(CCC3CCCC3)n2)cc(=O)n(C)c1=O. The lowest BCUT2D eigenvalue weighted by Crippen LogP contribution is -2.37. The zero-order valence-corrected chi connectivity index (χ0v) is 14.9. The fourth-order valence-corrected chi connectivity index (χ4v) is 3.99. The smallest absolute Gasteiger partial charge is 0.300 e. The molecule has 3 rings (SSSR count). The zero-order valence-electron chi connectivity index (χ0n) is 14.1. The van der Waals surface area contributed by atoms with Gasteiger partial charge in [0, 0.05) is 38.0 Å². The van der Waals surface area contributed by atoms with Crippen LogP contribution >= 0.6 is 11.8 Å². The van der Waals surface area contributed by atoms with E-state index >= 15 is 0 Å². The van der Waals surface area contributed by atoms with Gasteiger partial charge in [0.05, 0.1) is 0 Å².